The van der Waals surface area contributed by atoms with E-state index in [4.69, 9.17) is 0 Å². The van der Waals surface area contributed by atoms with Crippen LogP contribution in [0.3, 0.4) is 0 Å². The first-order valence-electron chi connectivity index (χ1n) is 6.37. The molecule has 0 aliphatic carbocycles. The Balaban J connectivity index is 2.59. The van der Waals surface area contributed by atoms with E-state index in [1.807, 2.05) is 6.92 Å². The Morgan fingerprint density at radius 1 is 1.11 bits per heavy atom. The molecule has 1 rings (SSSR count). The molecule has 0 heterocycles. The average molecular weight is 259 g/mol. The fourth-order valence-electron chi connectivity index (χ4n) is 1.76. The normalized spacial score (nSPS) is 11.6. The lowest BCUT2D eigenvalue weighted by Crippen LogP contribution is -2.08. The van der Waals surface area contributed by atoms with Gasteiger partial charge in [-0.3, -0.25) is 0 Å². The highest BCUT2D eigenvalue weighted by molar-refractivity contribution is 5.53. The van der Waals surface area contributed by atoms with Crippen LogP contribution in [0, 0.1) is 6.92 Å². The first-order chi connectivity index (χ1) is 8.45. The summed E-state index contributed by atoms with van der Waals surface area (Å²) in [5.41, 5.74) is 0.837. The number of halogens is 3. The summed E-state index contributed by atoms with van der Waals surface area (Å²) < 4.78 is 37.7. The summed E-state index contributed by atoms with van der Waals surface area (Å²) in [4.78, 5) is 0. The number of alkyl halides is 3. The van der Waals surface area contributed by atoms with Crippen LogP contribution < -0.4 is 5.32 Å². The van der Waals surface area contributed by atoms with E-state index in [9.17, 15) is 13.2 Å². The largest absolute Gasteiger partial charge is 0.416 e. The Bertz CT molecular complexity index is 372. The number of anilines is 1. The average Bonchev–Trinajstić information content (AvgIpc) is 2.29. The molecule has 0 saturated carbocycles. The van der Waals surface area contributed by atoms with Crippen molar-refractivity contribution in [3.05, 3.63) is 29.3 Å². The summed E-state index contributed by atoms with van der Waals surface area (Å²) in [5.74, 6) is 0. The molecular weight excluding hydrogens is 239 g/mol. The van der Waals surface area contributed by atoms with Crippen molar-refractivity contribution in [2.45, 2.75) is 45.7 Å². The molecule has 102 valence electrons. The third kappa shape index (κ3) is 4.59. The molecule has 1 aromatic carbocycles. The molecule has 0 bridgehead atoms. The number of benzene rings is 1. The molecule has 1 aromatic rings. The standard InChI is InChI=1S/C14H20F3N/c1-3-4-5-6-9-18-13-10-12(14(15,16)17)8-7-11(13)2/h7-8,10,18H,3-6,9H2,1-2H3. The molecule has 1 N–H and O–H groups in total. The van der Waals surface area contributed by atoms with Crippen LogP contribution in [0.4, 0.5) is 18.9 Å². The van der Waals surface area contributed by atoms with E-state index < -0.39 is 11.7 Å². The minimum absolute atomic E-state index is 0.585. The van der Waals surface area contributed by atoms with Crippen LogP contribution in [0.2, 0.25) is 0 Å². The van der Waals surface area contributed by atoms with Gasteiger partial charge < -0.3 is 5.32 Å². The number of unbranched alkanes of at least 4 members (excludes halogenated alkanes) is 3. The van der Waals surface area contributed by atoms with E-state index in [0.717, 1.165) is 37.4 Å². The van der Waals surface area contributed by atoms with E-state index in [1.165, 1.54) is 18.6 Å². The SMILES string of the molecule is CCCCCCNc1cc(C(F)(F)F)ccc1C. The molecule has 0 amide bonds. The van der Waals surface area contributed by atoms with Crippen molar-refractivity contribution in [2.24, 2.45) is 0 Å². The van der Waals surface area contributed by atoms with Gasteiger partial charge in [0.2, 0.25) is 0 Å². The zero-order valence-corrected chi connectivity index (χ0v) is 10.9. The topological polar surface area (TPSA) is 12.0 Å². The number of nitrogens with one attached hydrogen (secondary N) is 1. The summed E-state index contributed by atoms with van der Waals surface area (Å²) in [7, 11) is 0. The van der Waals surface area contributed by atoms with Crippen molar-refractivity contribution in [1.82, 2.24) is 0 Å². The van der Waals surface area contributed by atoms with Gasteiger partial charge in [-0.1, -0.05) is 32.3 Å². The molecule has 0 aliphatic rings. The highest BCUT2D eigenvalue weighted by atomic mass is 19.4. The number of hydrogen-bond donors (Lipinski definition) is 1. The van der Waals surface area contributed by atoms with Gasteiger partial charge in [-0.05, 0) is 31.0 Å². The van der Waals surface area contributed by atoms with Crippen LogP contribution in [0.5, 0.6) is 0 Å². The lowest BCUT2D eigenvalue weighted by molar-refractivity contribution is -0.137. The van der Waals surface area contributed by atoms with Gasteiger partial charge in [0.1, 0.15) is 0 Å². The van der Waals surface area contributed by atoms with Crippen LogP contribution in [-0.2, 0) is 6.18 Å². The second kappa shape index (κ2) is 6.66. The van der Waals surface area contributed by atoms with E-state index >= 15 is 0 Å². The van der Waals surface area contributed by atoms with Gasteiger partial charge in [0, 0.05) is 12.2 Å². The third-order valence-corrected chi connectivity index (χ3v) is 2.91. The van der Waals surface area contributed by atoms with E-state index in [-0.39, 0.29) is 0 Å². The van der Waals surface area contributed by atoms with Crippen LogP contribution in [-0.4, -0.2) is 6.54 Å². The van der Waals surface area contributed by atoms with E-state index in [2.05, 4.69) is 12.2 Å². The molecular formula is C14H20F3N. The van der Waals surface area contributed by atoms with Crippen LogP contribution >= 0.6 is 0 Å². The molecule has 0 spiro atoms. The van der Waals surface area contributed by atoms with Gasteiger partial charge in [-0.2, -0.15) is 13.2 Å². The Labute approximate surface area is 106 Å². The number of rotatable bonds is 6. The highest BCUT2D eigenvalue weighted by Crippen LogP contribution is 2.31. The minimum Gasteiger partial charge on any atom is -0.385 e. The van der Waals surface area contributed by atoms with Gasteiger partial charge in [0.15, 0.2) is 0 Å². The second-order valence-corrected chi connectivity index (χ2v) is 4.51. The van der Waals surface area contributed by atoms with Gasteiger partial charge in [-0.25, -0.2) is 0 Å². The van der Waals surface area contributed by atoms with E-state index in [0.29, 0.717) is 5.69 Å². The zero-order valence-electron chi connectivity index (χ0n) is 10.9. The van der Waals surface area contributed by atoms with Crippen molar-refractivity contribution >= 4 is 5.69 Å². The van der Waals surface area contributed by atoms with Crippen LogP contribution in [0.1, 0.15) is 43.7 Å². The molecule has 18 heavy (non-hydrogen) atoms. The Morgan fingerprint density at radius 3 is 2.44 bits per heavy atom. The maximum Gasteiger partial charge on any atom is 0.416 e. The summed E-state index contributed by atoms with van der Waals surface area (Å²) in [6, 6.07) is 3.82. The Kier molecular flexibility index (Phi) is 5.51. The summed E-state index contributed by atoms with van der Waals surface area (Å²) in [6.45, 7) is 4.67. The lowest BCUT2D eigenvalue weighted by atomic mass is 10.1. The summed E-state index contributed by atoms with van der Waals surface area (Å²) in [6.07, 6.45) is 0.156. The molecule has 0 fully saturated rings. The Morgan fingerprint density at radius 2 is 1.83 bits per heavy atom. The molecule has 0 aromatic heterocycles. The van der Waals surface area contributed by atoms with Gasteiger partial charge in [-0.15, -0.1) is 0 Å². The van der Waals surface area contributed by atoms with Crippen molar-refractivity contribution in [3.63, 3.8) is 0 Å². The highest BCUT2D eigenvalue weighted by Gasteiger charge is 2.30. The predicted octanol–water partition coefficient (Wildman–Crippen LogP) is 5.01. The molecule has 0 aliphatic heterocycles. The monoisotopic (exact) mass is 259 g/mol. The van der Waals surface area contributed by atoms with Gasteiger partial charge in [0.05, 0.1) is 5.56 Å². The molecule has 1 nitrogen and oxygen atoms in total. The maximum absolute atomic E-state index is 12.6. The molecule has 0 unspecified atom stereocenters. The Hall–Kier alpha value is -1.19. The summed E-state index contributed by atoms with van der Waals surface area (Å²) in [5, 5.41) is 3.08. The van der Waals surface area contributed by atoms with E-state index in [1.54, 1.807) is 0 Å². The minimum atomic E-state index is -4.27. The third-order valence-electron chi connectivity index (χ3n) is 2.91. The first kappa shape index (κ1) is 14.9. The van der Waals surface area contributed by atoms with Crippen molar-refractivity contribution in [2.75, 3.05) is 11.9 Å². The van der Waals surface area contributed by atoms with Crippen molar-refractivity contribution in [1.29, 1.82) is 0 Å². The fourth-order valence-corrected chi connectivity index (χ4v) is 1.76. The van der Waals surface area contributed by atoms with Crippen LogP contribution in [0.25, 0.3) is 0 Å². The summed E-state index contributed by atoms with van der Waals surface area (Å²) >= 11 is 0. The second-order valence-electron chi connectivity index (χ2n) is 4.51. The van der Waals surface area contributed by atoms with Gasteiger partial charge in [0.25, 0.3) is 0 Å². The fraction of sp³-hybridized carbons (Fsp3) is 0.571. The maximum atomic E-state index is 12.6. The zero-order chi connectivity index (χ0) is 13.6. The molecule has 0 radical (unpaired) electrons. The van der Waals surface area contributed by atoms with Crippen molar-refractivity contribution in [3.8, 4) is 0 Å². The molecule has 0 saturated heterocycles. The predicted molar refractivity (Wildman–Crippen MR) is 68.8 cm³/mol. The smallest absolute Gasteiger partial charge is 0.385 e. The number of hydrogen-bond acceptors (Lipinski definition) is 1. The van der Waals surface area contributed by atoms with Gasteiger partial charge >= 0.3 is 6.18 Å². The number of aryl methyl sites for hydroxylation is 1. The quantitative estimate of drug-likeness (QED) is 0.708. The molecule has 0 atom stereocenters. The van der Waals surface area contributed by atoms with Crippen LogP contribution in [0.15, 0.2) is 18.2 Å². The molecule has 4 heteroatoms. The van der Waals surface area contributed by atoms with Crippen molar-refractivity contribution < 1.29 is 13.2 Å². The first-order valence-corrected chi connectivity index (χ1v) is 6.37. The lowest BCUT2D eigenvalue weighted by Gasteiger charge is -2.13.